The quantitative estimate of drug-likeness (QED) is 0.904. The van der Waals surface area contributed by atoms with E-state index in [2.05, 4.69) is 10.6 Å². The maximum atomic E-state index is 13.7. The molecule has 0 saturated carbocycles. The molecule has 1 unspecified atom stereocenters. The zero-order chi connectivity index (χ0) is 14.7. The minimum absolute atomic E-state index is 0.120. The highest BCUT2D eigenvalue weighted by atomic mass is 19.1. The van der Waals surface area contributed by atoms with E-state index in [9.17, 15) is 9.18 Å². The number of halogens is 1. The number of fused-ring (bicyclic) bond motifs is 1. The second kappa shape index (κ2) is 6.20. The topological polar surface area (TPSA) is 50.4 Å². The summed E-state index contributed by atoms with van der Waals surface area (Å²) in [5, 5.41) is 7.24. The van der Waals surface area contributed by atoms with Crippen LogP contribution in [0.4, 0.5) is 4.39 Å². The van der Waals surface area contributed by atoms with Gasteiger partial charge in [0.15, 0.2) is 0 Å². The Labute approximate surface area is 122 Å². The van der Waals surface area contributed by atoms with Gasteiger partial charge in [0.2, 0.25) is 0 Å². The van der Waals surface area contributed by atoms with Gasteiger partial charge in [-0.15, -0.1) is 0 Å². The van der Waals surface area contributed by atoms with Gasteiger partial charge in [-0.25, -0.2) is 4.39 Å². The molecule has 1 atom stereocenters. The lowest BCUT2D eigenvalue weighted by Gasteiger charge is -2.24. The summed E-state index contributed by atoms with van der Waals surface area (Å²) in [6, 6.07) is 9.98. The van der Waals surface area contributed by atoms with Crippen LogP contribution in [0.15, 0.2) is 36.4 Å². The van der Waals surface area contributed by atoms with Gasteiger partial charge >= 0.3 is 0 Å². The summed E-state index contributed by atoms with van der Waals surface area (Å²) in [6.45, 7) is 2.57. The molecule has 4 nitrogen and oxygen atoms in total. The highest BCUT2D eigenvalue weighted by Crippen LogP contribution is 2.21. The van der Waals surface area contributed by atoms with Gasteiger partial charge in [-0.3, -0.25) is 4.79 Å². The molecular weight excluding hydrogens is 271 g/mol. The summed E-state index contributed by atoms with van der Waals surface area (Å²) >= 11 is 0. The predicted molar refractivity (Wildman–Crippen MR) is 78.8 cm³/mol. The number of nitrogens with one attached hydrogen (secondary N) is 2. The first kappa shape index (κ1) is 14.0. The number of amides is 1. The summed E-state index contributed by atoms with van der Waals surface area (Å²) in [6.07, 6.45) is 0. The van der Waals surface area contributed by atoms with Crippen molar-refractivity contribution in [3.63, 3.8) is 0 Å². The van der Waals surface area contributed by atoms with Crippen molar-refractivity contribution in [3.05, 3.63) is 47.8 Å². The molecule has 2 aromatic carbocycles. The van der Waals surface area contributed by atoms with Crippen LogP contribution in [-0.4, -0.2) is 38.3 Å². The van der Waals surface area contributed by atoms with Gasteiger partial charge in [0.1, 0.15) is 5.82 Å². The van der Waals surface area contributed by atoms with Crippen molar-refractivity contribution < 1.29 is 13.9 Å². The van der Waals surface area contributed by atoms with Gasteiger partial charge in [0, 0.05) is 30.1 Å². The molecule has 0 radical (unpaired) electrons. The molecular formula is C16H17FN2O2. The number of benzene rings is 2. The molecule has 0 bridgehead atoms. The van der Waals surface area contributed by atoms with Gasteiger partial charge in [0.25, 0.3) is 5.91 Å². The van der Waals surface area contributed by atoms with Gasteiger partial charge in [-0.1, -0.05) is 24.3 Å². The number of ether oxygens (including phenoxy) is 1. The van der Waals surface area contributed by atoms with Crippen LogP contribution < -0.4 is 10.6 Å². The van der Waals surface area contributed by atoms with Crippen molar-refractivity contribution in [1.29, 1.82) is 0 Å². The maximum Gasteiger partial charge on any atom is 0.251 e. The zero-order valence-electron chi connectivity index (χ0n) is 11.6. The Morgan fingerprint density at radius 3 is 2.86 bits per heavy atom. The normalized spacial score (nSPS) is 18.6. The highest BCUT2D eigenvalue weighted by Gasteiger charge is 2.16. The van der Waals surface area contributed by atoms with Crippen LogP contribution in [-0.2, 0) is 4.74 Å². The molecule has 1 fully saturated rings. The van der Waals surface area contributed by atoms with E-state index in [-0.39, 0.29) is 17.8 Å². The zero-order valence-corrected chi connectivity index (χ0v) is 11.6. The van der Waals surface area contributed by atoms with Crippen LogP contribution in [0, 0.1) is 5.82 Å². The number of hydrogen-bond acceptors (Lipinski definition) is 3. The third-order valence-corrected chi connectivity index (χ3v) is 3.62. The minimum atomic E-state index is -0.315. The maximum absolute atomic E-state index is 13.7. The fourth-order valence-electron chi connectivity index (χ4n) is 2.52. The molecule has 0 spiro atoms. The lowest BCUT2D eigenvalue weighted by molar-refractivity contribution is 0.0735. The molecule has 3 rings (SSSR count). The van der Waals surface area contributed by atoms with Gasteiger partial charge in [0.05, 0.1) is 13.2 Å². The first-order valence-corrected chi connectivity index (χ1v) is 7.02. The van der Waals surface area contributed by atoms with E-state index in [0.717, 1.165) is 6.54 Å². The van der Waals surface area contributed by atoms with Crippen molar-refractivity contribution in [2.75, 3.05) is 26.3 Å². The van der Waals surface area contributed by atoms with Crippen LogP contribution in [0.1, 0.15) is 10.4 Å². The Bertz CT molecular complexity index is 654. The van der Waals surface area contributed by atoms with Crippen molar-refractivity contribution >= 4 is 16.7 Å². The summed E-state index contributed by atoms with van der Waals surface area (Å²) in [7, 11) is 0. The van der Waals surface area contributed by atoms with Gasteiger partial charge in [-0.05, 0) is 17.5 Å². The lowest BCUT2D eigenvalue weighted by Crippen LogP contribution is -2.48. The second-order valence-electron chi connectivity index (χ2n) is 5.08. The Hall–Kier alpha value is -1.98. The van der Waals surface area contributed by atoms with E-state index in [4.69, 9.17) is 4.74 Å². The Kier molecular flexibility index (Phi) is 4.13. The molecule has 0 aliphatic carbocycles. The molecule has 1 heterocycles. The minimum Gasteiger partial charge on any atom is -0.378 e. The first-order valence-electron chi connectivity index (χ1n) is 7.02. The molecule has 1 aliphatic heterocycles. The largest absolute Gasteiger partial charge is 0.378 e. The van der Waals surface area contributed by atoms with E-state index in [1.54, 1.807) is 24.3 Å². The molecule has 1 aliphatic rings. The Balaban J connectivity index is 1.77. The summed E-state index contributed by atoms with van der Waals surface area (Å²) in [4.78, 5) is 12.3. The van der Waals surface area contributed by atoms with Crippen molar-refractivity contribution in [3.8, 4) is 0 Å². The fraction of sp³-hybridized carbons (Fsp3) is 0.312. The molecule has 2 N–H and O–H groups in total. The highest BCUT2D eigenvalue weighted by molar-refractivity contribution is 6.07. The number of morpholine rings is 1. The second-order valence-corrected chi connectivity index (χ2v) is 5.08. The fourth-order valence-corrected chi connectivity index (χ4v) is 2.52. The molecule has 5 heteroatoms. The smallest absolute Gasteiger partial charge is 0.251 e. The third kappa shape index (κ3) is 3.04. The monoisotopic (exact) mass is 288 g/mol. The van der Waals surface area contributed by atoms with E-state index in [1.807, 2.05) is 0 Å². The summed E-state index contributed by atoms with van der Waals surface area (Å²) < 4.78 is 19.1. The average molecular weight is 288 g/mol. The van der Waals surface area contributed by atoms with E-state index >= 15 is 0 Å². The molecule has 1 amide bonds. The molecule has 110 valence electrons. The van der Waals surface area contributed by atoms with Crippen LogP contribution in [0.2, 0.25) is 0 Å². The number of hydrogen-bond donors (Lipinski definition) is 2. The predicted octanol–water partition coefficient (Wildman–Crippen LogP) is 1.70. The SMILES string of the molecule is O=C(NCC1COCCN1)c1ccc(F)c2ccccc12. The Morgan fingerprint density at radius 1 is 1.29 bits per heavy atom. The van der Waals surface area contributed by atoms with E-state index < -0.39 is 0 Å². The van der Waals surface area contributed by atoms with Crippen molar-refractivity contribution in [2.24, 2.45) is 0 Å². The molecule has 21 heavy (non-hydrogen) atoms. The van der Waals surface area contributed by atoms with Gasteiger partial charge < -0.3 is 15.4 Å². The summed E-state index contributed by atoms with van der Waals surface area (Å²) in [5.41, 5.74) is 0.490. The van der Waals surface area contributed by atoms with Crippen LogP contribution in [0.3, 0.4) is 0 Å². The third-order valence-electron chi connectivity index (χ3n) is 3.62. The molecule has 1 saturated heterocycles. The van der Waals surface area contributed by atoms with Crippen LogP contribution in [0.5, 0.6) is 0 Å². The molecule has 0 aromatic heterocycles. The van der Waals surface area contributed by atoms with E-state index in [1.165, 1.54) is 12.1 Å². The van der Waals surface area contributed by atoms with E-state index in [0.29, 0.717) is 36.1 Å². The Morgan fingerprint density at radius 2 is 2.10 bits per heavy atom. The number of rotatable bonds is 3. The number of carbonyl (C=O) groups is 1. The summed E-state index contributed by atoms with van der Waals surface area (Å²) in [5.74, 6) is -0.511. The standard InChI is InChI=1S/C16H17FN2O2/c17-15-6-5-14(12-3-1-2-4-13(12)15)16(20)19-9-11-10-21-8-7-18-11/h1-6,11,18H,7-10H2,(H,19,20). The number of carbonyl (C=O) groups excluding carboxylic acids is 1. The van der Waals surface area contributed by atoms with Crippen molar-refractivity contribution in [2.45, 2.75) is 6.04 Å². The first-order chi connectivity index (χ1) is 10.3. The molecule has 2 aromatic rings. The van der Waals surface area contributed by atoms with Crippen molar-refractivity contribution in [1.82, 2.24) is 10.6 Å². The average Bonchev–Trinajstić information content (AvgIpc) is 2.54. The lowest BCUT2D eigenvalue weighted by atomic mass is 10.0. The van der Waals surface area contributed by atoms with Crippen LogP contribution >= 0.6 is 0 Å². The van der Waals surface area contributed by atoms with Gasteiger partial charge in [-0.2, -0.15) is 0 Å². The van der Waals surface area contributed by atoms with Crippen LogP contribution in [0.25, 0.3) is 10.8 Å².